The van der Waals surface area contributed by atoms with E-state index < -0.39 is 0 Å². The SMILES string of the molecule is COc1ccc(C(=O)N2CCC(c3nc(C(=O)N4CCN(C(=O)c5ccco5)CC4)cs3)CC2)c(OC)c1OC. The van der Waals surface area contributed by atoms with Crippen molar-refractivity contribution < 1.29 is 33.0 Å². The second kappa shape index (κ2) is 12.0. The fourth-order valence-electron chi connectivity index (χ4n) is 5.17. The number of methoxy groups -OCH3 is 3. The van der Waals surface area contributed by atoms with E-state index in [2.05, 4.69) is 4.98 Å². The number of piperazine rings is 1. The van der Waals surface area contributed by atoms with Crippen LogP contribution in [0.3, 0.4) is 0 Å². The van der Waals surface area contributed by atoms with Crippen LogP contribution in [0.15, 0.2) is 40.3 Å². The molecule has 2 aliphatic rings. The Labute approximate surface area is 236 Å². The van der Waals surface area contributed by atoms with E-state index in [-0.39, 0.29) is 23.6 Å². The Morgan fingerprint density at radius 3 is 2.08 bits per heavy atom. The molecule has 1 aromatic carbocycles. The number of furan rings is 1. The number of amides is 3. The van der Waals surface area contributed by atoms with Crippen molar-refractivity contribution in [3.63, 3.8) is 0 Å². The predicted octanol–water partition coefficient (Wildman–Crippen LogP) is 3.38. The summed E-state index contributed by atoms with van der Waals surface area (Å²) in [4.78, 5) is 48.9. The highest BCUT2D eigenvalue weighted by Gasteiger charge is 2.31. The predicted molar refractivity (Wildman–Crippen MR) is 147 cm³/mol. The highest BCUT2D eigenvalue weighted by Crippen LogP contribution is 2.41. The zero-order valence-corrected chi connectivity index (χ0v) is 23.6. The van der Waals surface area contributed by atoms with Crippen molar-refractivity contribution in [3.8, 4) is 17.2 Å². The minimum Gasteiger partial charge on any atom is -0.493 e. The van der Waals surface area contributed by atoms with Gasteiger partial charge in [0.25, 0.3) is 17.7 Å². The molecule has 40 heavy (non-hydrogen) atoms. The highest BCUT2D eigenvalue weighted by atomic mass is 32.1. The van der Waals surface area contributed by atoms with Crippen LogP contribution in [-0.4, -0.2) is 98.0 Å². The fraction of sp³-hybridized carbons (Fsp3) is 0.429. The fourth-order valence-corrected chi connectivity index (χ4v) is 6.14. The molecular formula is C28H32N4O7S. The van der Waals surface area contributed by atoms with Crippen LogP contribution in [0.2, 0.25) is 0 Å². The number of benzene rings is 1. The van der Waals surface area contributed by atoms with Gasteiger partial charge in [-0.15, -0.1) is 11.3 Å². The average molecular weight is 569 g/mol. The van der Waals surface area contributed by atoms with Crippen molar-refractivity contribution in [1.29, 1.82) is 0 Å². The first kappa shape index (κ1) is 27.5. The molecule has 0 radical (unpaired) electrons. The average Bonchev–Trinajstić information content (AvgIpc) is 3.73. The molecule has 212 valence electrons. The summed E-state index contributed by atoms with van der Waals surface area (Å²) in [6.07, 6.45) is 2.97. The lowest BCUT2D eigenvalue weighted by Crippen LogP contribution is -2.50. The standard InChI is InChI=1S/C28H32N4O7S/c1-36-21-7-6-19(23(37-2)24(21)38-3)26(33)30-10-8-18(9-11-30)25-29-20(17-40-25)27(34)31-12-14-32(15-13-31)28(35)22-5-4-16-39-22/h4-7,16-18H,8-15H2,1-3H3. The molecule has 2 aromatic heterocycles. The van der Waals surface area contributed by atoms with Gasteiger partial charge >= 0.3 is 0 Å². The van der Waals surface area contributed by atoms with Gasteiger partial charge in [0.15, 0.2) is 17.3 Å². The van der Waals surface area contributed by atoms with E-state index >= 15 is 0 Å². The number of aromatic nitrogens is 1. The molecule has 3 aromatic rings. The van der Waals surface area contributed by atoms with Gasteiger partial charge in [0.1, 0.15) is 5.69 Å². The molecule has 4 heterocycles. The van der Waals surface area contributed by atoms with E-state index in [1.54, 1.807) is 34.1 Å². The van der Waals surface area contributed by atoms with E-state index in [1.807, 2.05) is 10.3 Å². The number of ether oxygens (including phenoxy) is 3. The van der Waals surface area contributed by atoms with Crippen LogP contribution in [0.4, 0.5) is 0 Å². The maximum atomic E-state index is 13.3. The Morgan fingerprint density at radius 1 is 0.825 bits per heavy atom. The molecule has 0 N–H and O–H groups in total. The monoisotopic (exact) mass is 568 g/mol. The first-order valence-electron chi connectivity index (χ1n) is 13.1. The van der Waals surface area contributed by atoms with Gasteiger partial charge < -0.3 is 33.3 Å². The van der Waals surface area contributed by atoms with E-state index in [0.717, 1.165) is 17.8 Å². The first-order valence-corrected chi connectivity index (χ1v) is 14.0. The van der Waals surface area contributed by atoms with Gasteiger partial charge in [-0.1, -0.05) is 0 Å². The smallest absolute Gasteiger partial charge is 0.289 e. The van der Waals surface area contributed by atoms with Gasteiger partial charge in [-0.2, -0.15) is 0 Å². The zero-order chi connectivity index (χ0) is 28.2. The third kappa shape index (κ3) is 5.35. The van der Waals surface area contributed by atoms with Crippen LogP contribution in [-0.2, 0) is 0 Å². The lowest BCUT2D eigenvalue weighted by atomic mass is 9.96. The molecule has 5 rings (SSSR count). The Hall–Kier alpha value is -4.06. The Bertz CT molecular complexity index is 1360. The number of thiazole rings is 1. The summed E-state index contributed by atoms with van der Waals surface area (Å²) in [6, 6.07) is 6.72. The summed E-state index contributed by atoms with van der Waals surface area (Å²) >= 11 is 1.48. The molecule has 0 aliphatic carbocycles. The minimum absolute atomic E-state index is 0.124. The van der Waals surface area contributed by atoms with Crippen molar-refractivity contribution in [2.24, 2.45) is 0 Å². The van der Waals surface area contributed by atoms with E-state index in [9.17, 15) is 14.4 Å². The lowest BCUT2D eigenvalue weighted by Gasteiger charge is -2.34. The number of likely N-dealkylation sites (tertiary alicyclic amines) is 1. The number of hydrogen-bond donors (Lipinski definition) is 0. The van der Waals surface area contributed by atoms with Crippen LogP contribution in [0.25, 0.3) is 0 Å². The summed E-state index contributed by atoms with van der Waals surface area (Å²) in [7, 11) is 4.55. The molecule has 0 spiro atoms. The van der Waals surface area contributed by atoms with Gasteiger partial charge in [-0.25, -0.2) is 4.98 Å². The number of rotatable bonds is 7. The Morgan fingerprint density at radius 2 is 1.48 bits per heavy atom. The largest absolute Gasteiger partial charge is 0.493 e. The maximum absolute atomic E-state index is 13.3. The Kier molecular flexibility index (Phi) is 8.24. The highest BCUT2D eigenvalue weighted by molar-refractivity contribution is 7.09. The quantitative estimate of drug-likeness (QED) is 0.426. The van der Waals surface area contributed by atoms with Gasteiger partial charge in [-0.3, -0.25) is 14.4 Å². The van der Waals surface area contributed by atoms with Gasteiger partial charge in [0.05, 0.1) is 38.2 Å². The second-order valence-electron chi connectivity index (χ2n) is 9.58. The van der Waals surface area contributed by atoms with E-state index in [1.165, 1.54) is 38.9 Å². The van der Waals surface area contributed by atoms with E-state index in [0.29, 0.717) is 73.5 Å². The molecule has 0 unspecified atom stereocenters. The van der Waals surface area contributed by atoms with Crippen LogP contribution in [0.1, 0.15) is 55.2 Å². The second-order valence-corrected chi connectivity index (χ2v) is 10.5. The molecule has 2 aliphatic heterocycles. The van der Waals surface area contributed by atoms with Crippen molar-refractivity contribution >= 4 is 29.1 Å². The normalized spacial score (nSPS) is 16.1. The van der Waals surface area contributed by atoms with Crippen LogP contribution in [0, 0.1) is 0 Å². The minimum atomic E-state index is -0.164. The molecule has 11 nitrogen and oxygen atoms in total. The lowest BCUT2D eigenvalue weighted by molar-refractivity contribution is 0.0515. The number of piperidine rings is 1. The molecular weight excluding hydrogens is 536 g/mol. The zero-order valence-electron chi connectivity index (χ0n) is 22.8. The number of hydrogen-bond acceptors (Lipinski definition) is 9. The summed E-state index contributed by atoms with van der Waals surface area (Å²) in [5.74, 6) is 1.29. The molecule has 3 amide bonds. The van der Waals surface area contributed by atoms with Crippen molar-refractivity contribution in [1.82, 2.24) is 19.7 Å². The number of carbonyl (C=O) groups is 3. The van der Waals surface area contributed by atoms with Crippen LogP contribution >= 0.6 is 11.3 Å². The first-order chi connectivity index (χ1) is 19.4. The van der Waals surface area contributed by atoms with Gasteiger partial charge in [0, 0.05) is 50.6 Å². The van der Waals surface area contributed by atoms with E-state index in [4.69, 9.17) is 18.6 Å². The topological polar surface area (TPSA) is 115 Å². The molecule has 0 bridgehead atoms. The summed E-state index contributed by atoms with van der Waals surface area (Å²) in [6.45, 7) is 2.90. The third-order valence-corrected chi connectivity index (χ3v) is 8.40. The number of nitrogens with zero attached hydrogens (tertiary/aromatic N) is 4. The summed E-state index contributed by atoms with van der Waals surface area (Å²) < 4.78 is 21.5. The summed E-state index contributed by atoms with van der Waals surface area (Å²) in [5.41, 5.74) is 0.853. The molecule has 0 atom stereocenters. The molecule has 12 heteroatoms. The molecule has 2 saturated heterocycles. The Balaban J connectivity index is 1.17. The number of carbonyl (C=O) groups excluding carboxylic acids is 3. The van der Waals surface area contributed by atoms with Gasteiger partial charge in [0.2, 0.25) is 5.75 Å². The maximum Gasteiger partial charge on any atom is 0.289 e. The van der Waals surface area contributed by atoms with Crippen LogP contribution in [0.5, 0.6) is 17.2 Å². The third-order valence-electron chi connectivity index (χ3n) is 7.39. The van der Waals surface area contributed by atoms with Crippen molar-refractivity contribution in [2.45, 2.75) is 18.8 Å². The summed E-state index contributed by atoms with van der Waals surface area (Å²) in [5, 5.41) is 2.72. The molecule has 0 saturated carbocycles. The molecule has 2 fully saturated rings. The van der Waals surface area contributed by atoms with Crippen LogP contribution < -0.4 is 14.2 Å². The van der Waals surface area contributed by atoms with Gasteiger partial charge in [-0.05, 0) is 37.1 Å². The van der Waals surface area contributed by atoms with Crippen molar-refractivity contribution in [3.05, 3.63) is 57.9 Å². The van der Waals surface area contributed by atoms with Crippen molar-refractivity contribution in [2.75, 3.05) is 60.6 Å².